The highest BCUT2D eigenvalue weighted by molar-refractivity contribution is 8.26. The van der Waals surface area contributed by atoms with Crippen molar-refractivity contribution in [2.24, 2.45) is 5.92 Å². The number of carbonyl (C=O) groups excluding carboxylic acids is 1. The quantitative estimate of drug-likeness (QED) is 0.555. The molecule has 4 aliphatic heterocycles. The Balaban J connectivity index is 1.32. The number of pyridine rings is 1. The zero-order valence-electron chi connectivity index (χ0n) is 15.6. The van der Waals surface area contributed by atoms with Gasteiger partial charge >= 0.3 is 0 Å². The number of piperidine rings is 1. The fourth-order valence-corrected chi connectivity index (χ4v) is 6.13. The maximum Gasteiger partial charge on any atom is 0.267 e. The van der Waals surface area contributed by atoms with Crippen molar-refractivity contribution in [1.29, 1.82) is 0 Å². The van der Waals surface area contributed by atoms with Crippen molar-refractivity contribution in [3.63, 3.8) is 0 Å². The minimum atomic E-state index is -0.00199. The molecule has 28 heavy (non-hydrogen) atoms. The summed E-state index contributed by atoms with van der Waals surface area (Å²) in [6, 6.07) is 5.55. The lowest BCUT2D eigenvalue weighted by atomic mass is 9.83. The van der Waals surface area contributed by atoms with Crippen molar-refractivity contribution in [2.75, 3.05) is 26.2 Å². The minimum Gasteiger partial charge on any atom is -0.376 e. The Kier molecular flexibility index (Phi) is 4.80. The smallest absolute Gasteiger partial charge is 0.267 e. The number of fused-ring (bicyclic) bond motifs is 4. The van der Waals surface area contributed by atoms with Crippen LogP contribution in [0, 0.1) is 5.92 Å². The molecule has 1 aromatic rings. The van der Waals surface area contributed by atoms with E-state index in [4.69, 9.17) is 17.0 Å². The molecule has 3 saturated heterocycles. The second kappa shape index (κ2) is 7.31. The van der Waals surface area contributed by atoms with Crippen LogP contribution in [0.2, 0.25) is 0 Å². The summed E-state index contributed by atoms with van der Waals surface area (Å²) in [7, 11) is 0. The number of rotatable bonds is 3. The van der Waals surface area contributed by atoms with Crippen LogP contribution in [0.3, 0.4) is 0 Å². The van der Waals surface area contributed by atoms with Crippen LogP contribution in [0.5, 0.6) is 0 Å². The summed E-state index contributed by atoms with van der Waals surface area (Å²) in [6.45, 7) is 3.79. The molecule has 148 valence electrons. The molecule has 0 N–H and O–H groups in total. The van der Waals surface area contributed by atoms with Crippen molar-refractivity contribution in [3.05, 3.63) is 45.4 Å². The van der Waals surface area contributed by atoms with Crippen LogP contribution in [0.4, 0.5) is 0 Å². The maximum absolute atomic E-state index is 12.9. The summed E-state index contributed by atoms with van der Waals surface area (Å²) < 4.78 is 8.22. The van der Waals surface area contributed by atoms with Gasteiger partial charge in [0.2, 0.25) is 0 Å². The van der Waals surface area contributed by atoms with Gasteiger partial charge in [-0.05, 0) is 31.2 Å². The van der Waals surface area contributed by atoms with E-state index in [9.17, 15) is 9.59 Å². The standard InChI is InChI=1S/C20H23N3O3S2/c24-18-5-1-4-16-14-7-13(9-22(16)18)8-21(10-14)12-17-19(25)23(20(27)28-17)11-15-3-2-6-26-15/h1,4-5,12-15H,2-3,6-11H2/b17-12-/t13-,14-,15+/m0/s1. The summed E-state index contributed by atoms with van der Waals surface area (Å²) in [5.41, 5.74) is 1.21. The first-order valence-electron chi connectivity index (χ1n) is 9.89. The number of nitrogens with zero attached hydrogens (tertiary/aromatic N) is 3. The largest absolute Gasteiger partial charge is 0.376 e. The molecule has 8 heteroatoms. The average Bonchev–Trinajstić information content (AvgIpc) is 3.27. The van der Waals surface area contributed by atoms with E-state index in [-0.39, 0.29) is 17.6 Å². The zero-order chi connectivity index (χ0) is 19.3. The van der Waals surface area contributed by atoms with Gasteiger partial charge in [-0.15, -0.1) is 0 Å². The summed E-state index contributed by atoms with van der Waals surface area (Å²) in [5, 5.41) is 0. The zero-order valence-corrected chi connectivity index (χ0v) is 17.2. The summed E-state index contributed by atoms with van der Waals surface area (Å²) in [4.78, 5) is 29.7. The van der Waals surface area contributed by atoms with Crippen LogP contribution in [0.1, 0.15) is 30.9 Å². The number of aromatic nitrogens is 1. The van der Waals surface area contributed by atoms with Crippen molar-refractivity contribution >= 4 is 34.2 Å². The third-order valence-corrected chi connectivity index (χ3v) is 7.46. The maximum atomic E-state index is 12.9. The van der Waals surface area contributed by atoms with E-state index in [0.29, 0.717) is 27.6 Å². The van der Waals surface area contributed by atoms with Crippen LogP contribution in [0.15, 0.2) is 34.1 Å². The number of amides is 1. The lowest BCUT2D eigenvalue weighted by Crippen LogP contribution is -2.45. The van der Waals surface area contributed by atoms with Gasteiger partial charge < -0.3 is 14.2 Å². The second-order valence-corrected chi connectivity index (χ2v) is 9.74. The Morgan fingerprint density at radius 1 is 1.25 bits per heavy atom. The first kappa shape index (κ1) is 18.4. The Morgan fingerprint density at radius 3 is 2.96 bits per heavy atom. The molecule has 5 rings (SSSR count). The van der Waals surface area contributed by atoms with Crippen LogP contribution in [0.25, 0.3) is 0 Å². The van der Waals surface area contributed by atoms with E-state index in [0.717, 1.165) is 51.2 Å². The molecule has 0 radical (unpaired) electrons. The molecule has 2 bridgehead atoms. The topological polar surface area (TPSA) is 54.8 Å². The number of hydrogen-bond acceptors (Lipinski definition) is 6. The lowest BCUT2D eigenvalue weighted by molar-refractivity contribution is -0.123. The SMILES string of the molecule is O=C1/C(=C/N2C[C@@H]3C[C@@H](C2)c2cccc(=O)n2C3)SC(=S)N1C[C@H]1CCCO1. The van der Waals surface area contributed by atoms with E-state index in [2.05, 4.69) is 11.0 Å². The van der Waals surface area contributed by atoms with Gasteiger partial charge in [0, 0.05) is 50.1 Å². The molecule has 0 saturated carbocycles. The normalized spacial score (nSPS) is 31.0. The molecule has 0 aromatic carbocycles. The van der Waals surface area contributed by atoms with Gasteiger partial charge in [-0.25, -0.2) is 0 Å². The summed E-state index contributed by atoms with van der Waals surface area (Å²) in [5.74, 6) is 0.757. The molecule has 3 fully saturated rings. The fraction of sp³-hybridized carbons (Fsp3) is 0.550. The van der Waals surface area contributed by atoms with Gasteiger partial charge in [0.05, 0.1) is 17.6 Å². The molecule has 1 aromatic heterocycles. The fourth-order valence-electron chi connectivity index (χ4n) is 4.84. The Morgan fingerprint density at radius 2 is 2.14 bits per heavy atom. The number of thioether (sulfide) groups is 1. The molecular formula is C20H23N3O3S2. The monoisotopic (exact) mass is 417 g/mol. The Hall–Kier alpha value is -1.64. The van der Waals surface area contributed by atoms with Crippen molar-refractivity contribution in [1.82, 2.24) is 14.4 Å². The van der Waals surface area contributed by atoms with Gasteiger partial charge in [-0.2, -0.15) is 0 Å². The molecule has 6 nitrogen and oxygen atoms in total. The van der Waals surface area contributed by atoms with Crippen LogP contribution < -0.4 is 5.56 Å². The third kappa shape index (κ3) is 3.31. The van der Waals surface area contributed by atoms with Gasteiger partial charge in [-0.1, -0.05) is 30.0 Å². The average molecular weight is 418 g/mol. The highest BCUT2D eigenvalue weighted by Gasteiger charge is 2.37. The number of ether oxygens (including phenoxy) is 1. The van der Waals surface area contributed by atoms with Gasteiger partial charge in [-0.3, -0.25) is 14.5 Å². The third-order valence-electron chi connectivity index (χ3n) is 6.09. The summed E-state index contributed by atoms with van der Waals surface area (Å²) >= 11 is 6.85. The van der Waals surface area contributed by atoms with Crippen LogP contribution >= 0.6 is 24.0 Å². The van der Waals surface area contributed by atoms with Gasteiger partial charge in [0.15, 0.2) is 0 Å². The first-order valence-corrected chi connectivity index (χ1v) is 11.1. The van der Waals surface area contributed by atoms with Crippen LogP contribution in [-0.2, 0) is 16.1 Å². The highest BCUT2D eigenvalue weighted by Crippen LogP contribution is 2.37. The number of likely N-dealkylation sites (tertiary alicyclic amines) is 1. The molecular weight excluding hydrogens is 394 g/mol. The van der Waals surface area contributed by atoms with E-state index in [1.165, 1.54) is 11.8 Å². The van der Waals surface area contributed by atoms with E-state index >= 15 is 0 Å². The Labute approximate surface area is 173 Å². The highest BCUT2D eigenvalue weighted by atomic mass is 32.2. The van der Waals surface area contributed by atoms with Gasteiger partial charge in [0.1, 0.15) is 4.32 Å². The van der Waals surface area contributed by atoms with E-state index in [1.54, 1.807) is 11.0 Å². The lowest BCUT2D eigenvalue weighted by Gasteiger charge is -2.42. The molecule has 4 aliphatic rings. The predicted molar refractivity (Wildman–Crippen MR) is 112 cm³/mol. The molecule has 1 amide bonds. The Bertz CT molecular complexity index is 906. The van der Waals surface area contributed by atoms with Crippen molar-refractivity contribution in [3.8, 4) is 0 Å². The minimum absolute atomic E-state index is 0.00199. The molecule has 5 heterocycles. The molecule has 0 spiro atoms. The number of hydrogen-bond donors (Lipinski definition) is 0. The molecule has 0 unspecified atom stereocenters. The summed E-state index contributed by atoms with van der Waals surface area (Å²) in [6.07, 6.45) is 5.24. The van der Waals surface area contributed by atoms with Crippen molar-refractivity contribution < 1.29 is 9.53 Å². The number of thiocarbonyl (C=S) groups is 1. The van der Waals surface area contributed by atoms with E-state index < -0.39 is 0 Å². The van der Waals surface area contributed by atoms with Gasteiger partial charge in [0.25, 0.3) is 11.5 Å². The number of carbonyl (C=O) groups is 1. The van der Waals surface area contributed by atoms with Crippen molar-refractivity contribution in [2.45, 2.75) is 37.8 Å². The first-order chi connectivity index (χ1) is 13.6. The predicted octanol–water partition coefficient (Wildman–Crippen LogP) is 2.15. The molecule has 0 aliphatic carbocycles. The molecule has 3 atom stereocenters. The van der Waals surface area contributed by atoms with Crippen LogP contribution in [-0.4, -0.2) is 56.9 Å². The second-order valence-electron chi connectivity index (χ2n) is 8.06. The van der Waals surface area contributed by atoms with E-state index in [1.807, 2.05) is 16.8 Å².